The molecule has 17 heavy (non-hydrogen) atoms. The highest BCUT2D eigenvalue weighted by atomic mass is 79.9. The Morgan fingerprint density at radius 2 is 2.12 bits per heavy atom. The van der Waals surface area contributed by atoms with Gasteiger partial charge in [0.15, 0.2) is 0 Å². The van der Waals surface area contributed by atoms with E-state index in [-0.39, 0.29) is 23.8 Å². The molecule has 0 aliphatic rings. The van der Waals surface area contributed by atoms with Gasteiger partial charge in [0.2, 0.25) is 5.91 Å². The molecule has 0 saturated heterocycles. The van der Waals surface area contributed by atoms with E-state index in [9.17, 15) is 14.7 Å². The Bertz CT molecular complexity index is 448. The third-order valence-corrected chi connectivity index (χ3v) is 2.69. The number of phenols is 1. The van der Waals surface area contributed by atoms with Crippen LogP contribution in [0, 0.1) is 0 Å². The van der Waals surface area contributed by atoms with E-state index in [1.165, 1.54) is 31.1 Å². The van der Waals surface area contributed by atoms with E-state index in [2.05, 4.69) is 21.2 Å². The predicted octanol–water partition coefficient (Wildman–Crippen LogP) is 0.973. The fourth-order valence-corrected chi connectivity index (χ4v) is 1.61. The molecule has 0 saturated carbocycles. The zero-order chi connectivity index (χ0) is 13.0. The number of aromatic hydroxyl groups is 1. The number of halogens is 1. The summed E-state index contributed by atoms with van der Waals surface area (Å²) in [6.07, 6.45) is 0. The first-order valence-corrected chi connectivity index (χ1v) is 5.69. The summed E-state index contributed by atoms with van der Waals surface area (Å²) in [7, 11) is 3.00. The Hall–Kier alpha value is -1.56. The number of nitrogens with one attached hydrogen (secondary N) is 1. The number of benzene rings is 1. The first-order valence-electron chi connectivity index (χ1n) is 4.90. The molecule has 0 aliphatic carbocycles. The summed E-state index contributed by atoms with van der Waals surface area (Å²) >= 11 is 3.18. The highest BCUT2D eigenvalue weighted by Crippen LogP contribution is 2.23. The summed E-state index contributed by atoms with van der Waals surface area (Å²) in [5.41, 5.74) is 0.166. The minimum Gasteiger partial charge on any atom is -0.507 e. The van der Waals surface area contributed by atoms with Gasteiger partial charge in [-0.25, -0.2) is 0 Å². The number of phenolic OH excluding ortho intramolecular Hbond substituents is 1. The molecule has 2 amide bonds. The molecule has 0 radical (unpaired) electrons. The average Bonchev–Trinajstić information content (AvgIpc) is 2.28. The monoisotopic (exact) mass is 300 g/mol. The van der Waals surface area contributed by atoms with Gasteiger partial charge in [-0.05, 0) is 18.2 Å². The SMILES string of the molecule is CNC(=O)CN(C)C(=O)c1ccc(Br)cc1O. The molecular weight excluding hydrogens is 288 g/mol. The Balaban J connectivity index is 2.85. The average molecular weight is 301 g/mol. The standard InChI is InChI=1S/C11H13BrN2O3/c1-13-10(16)6-14(2)11(17)8-4-3-7(12)5-9(8)15/h3-5,15H,6H2,1-2H3,(H,13,16). The van der Waals surface area contributed by atoms with Crippen LogP contribution < -0.4 is 5.32 Å². The second-order valence-electron chi connectivity index (χ2n) is 3.50. The van der Waals surface area contributed by atoms with Crippen LogP contribution in [0.5, 0.6) is 5.75 Å². The number of carbonyl (C=O) groups excluding carboxylic acids is 2. The van der Waals surface area contributed by atoms with E-state index in [0.717, 1.165) is 0 Å². The number of nitrogens with zero attached hydrogens (tertiary/aromatic N) is 1. The van der Waals surface area contributed by atoms with Gasteiger partial charge in [0.1, 0.15) is 5.75 Å². The lowest BCUT2D eigenvalue weighted by Crippen LogP contribution is -2.36. The van der Waals surface area contributed by atoms with E-state index >= 15 is 0 Å². The third kappa shape index (κ3) is 3.45. The number of rotatable bonds is 3. The molecule has 1 aromatic rings. The molecule has 0 unspecified atom stereocenters. The first kappa shape index (κ1) is 13.5. The highest BCUT2D eigenvalue weighted by Gasteiger charge is 2.17. The molecule has 0 spiro atoms. The lowest BCUT2D eigenvalue weighted by atomic mass is 10.2. The molecule has 0 bridgehead atoms. The molecule has 5 nitrogen and oxygen atoms in total. The van der Waals surface area contributed by atoms with E-state index in [1.807, 2.05) is 0 Å². The Morgan fingerprint density at radius 3 is 2.65 bits per heavy atom. The largest absolute Gasteiger partial charge is 0.507 e. The zero-order valence-corrected chi connectivity index (χ0v) is 11.1. The molecule has 1 rings (SSSR count). The minimum atomic E-state index is -0.404. The summed E-state index contributed by atoms with van der Waals surface area (Å²) in [6, 6.07) is 4.59. The minimum absolute atomic E-state index is 0.0508. The van der Waals surface area contributed by atoms with Crippen molar-refractivity contribution in [2.45, 2.75) is 0 Å². The maximum atomic E-state index is 11.9. The first-order chi connectivity index (χ1) is 7.95. The molecule has 2 N–H and O–H groups in total. The van der Waals surface area contributed by atoms with E-state index < -0.39 is 5.91 Å². The van der Waals surface area contributed by atoms with E-state index in [1.54, 1.807) is 6.07 Å². The maximum absolute atomic E-state index is 11.9. The van der Waals surface area contributed by atoms with Crippen molar-refractivity contribution in [2.75, 3.05) is 20.6 Å². The quantitative estimate of drug-likeness (QED) is 0.874. The lowest BCUT2D eigenvalue weighted by molar-refractivity contribution is -0.121. The number of carbonyl (C=O) groups is 2. The summed E-state index contributed by atoms with van der Waals surface area (Å²) in [6.45, 7) is -0.0508. The van der Waals surface area contributed by atoms with Gasteiger partial charge >= 0.3 is 0 Å². The molecule has 0 fully saturated rings. The summed E-state index contributed by atoms with van der Waals surface area (Å²) in [4.78, 5) is 24.3. The van der Waals surface area contributed by atoms with Crippen molar-refractivity contribution < 1.29 is 14.7 Å². The number of amides is 2. The van der Waals surface area contributed by atoms with Crippen LogP contribution in [0.3, 0.4) is 0 Å². The Kier molecular flexibility index (Phi) is 4.51. The van der Waals surface area contributed by atoms with Gasteiger partial charge in [0.05, 0.1) is 12.1 Å². The smallest absolute Gasteiger partial charge is 0.257 e. The number of hydrogen-bond donors (Lipinski definition) is 2. The van der Waals surface area contributed by atoms with Crippen LogP contribution in [0.25, 0.3) is 0 Å². The van der Waals surface area contributed by atoms with Crippen molar-refractivity contribution >= 4 is 27.7 Å². The molecule has 92 valence electrons. The zero-order valence-electron chi connectivity index (χ0n) is 9.53. The van der Waals surface area contributed by atoms with Crippen LogP contribution >= 0.6 is 15.9 Å². The molecule has 0 aromatic heterocycles. The van der Waals surface area contributed by atoms with Gasteiger partial charge in [-0.15, -0.1) is 0 Å². The molecule has 0 heterocycles. The fourth-order valence-electron chi connectivity index (χ4n) is 1.26. The summed E-state index contributed by atoms with van der Waals surface area (Å²) in [5.74, 6) is -0.788. The molecule has 0 atom stereocenters. The van der Waals surface area contributed by atoms with Crippen molar-refractivity contribution in [1.29, 1.82) is 0 Å². The van der Waals surface area contributed by atoms with Crippen LogP contribution in [0.15, 0.2) is 22.7 Å². The van der Waals surface area contributed by atoms with Crippen molar-refractivity contribution in [3.8, 4) is 5.75 Å². The predicted molar refractivity (Wildman–Crippen MR) is 66.8 cm³/mol. The molecular formula is C11H13BrN2O3. The van der Waals surface area contributed by atoms with Crippen LogP contribution in [0.4, 0.5) is 0 Å². The normalized spacial score (nSPS) is 9.82. The van der Waals surface area contributed by atoms with Crippen molar-refractivity contribution in [1.82, 2.24) is 10.2 Å². The second kappa shape index (κ2) is 5.67. The van der Waals surface area contributed by atoms with Gasteiger partial charge in [-0.3, -0.25) is 9.59 Å². The van der Waals surface area contributed by atoms with Crippen LogP contribution in [0.1, 0.15) is 10.4 Å². The Labute approximate surface area is 108 Å². The van der Waals surface area contributed by atoms with Crippen LogP contribution in [0.2, 0.25) is 0 Å². The Morgan fingerprint density at radius 1 is 1.47 bits per heavy atom. The number of likely N-dealkylation sites (N-methyl/N-ethyl adjacent to an activating group) is 2. The topological polar surface area (TPSA) is 69.6 Å². The molecule has 0 aliphatic heterocycles. The van der Waals surface area contributed by atoms with E-state index in [0.29, 0.717) is 4.47 Å². The highest BCUT2D eigenvalue weighted by molar-refractivity contribution is 9.10. The maximum Gasteiger partial charge on any atom is 0.257 e. The molecule has 1 aromatic carbocycles. The van der Waals surface area contributed by atoms with Gasteiger partial charge in [-0.2, -0.15) is 0 Å². The lowest BCUT2D eigenvalue weighted by Gasteiger charge is -2.16. The summed E-state index contributed by atoms with van der Waals surface area (Å²) < 4.78 is 0.681. The van der Waals surface area contributed by atoms with Crippen LogP contribution in [-0.4, -0.2) is 42.5 Å². The van der Waals surface area contributed by atoms with Crippen LogP contribution in [-0.2, 0) is 4.79 Å². The van der Waals surface area contributed by atoms with Gasteiger partial charge in [0.25, 0.3) is 5.91 Å². The third-order valence-electron chi connectivity index (χ3n) is 2.20. The molecule has 6 heteroatoms. The summed E-state index contributed by atoms with van der Waals surface area (Å²) in [5, 5.41) is 12.0. The van der Waals surface area contributed by atoms with Gasteiger partial charge in [-0.1, -0.05) is 15.9 Å². The number of hydrogen-bond acceptors (Lipinski definition) is 3. The van der Waals surface area contributed by atoms with Crippen molar-refractivity contribution in [3.63, 3.8) is 0 Å². The fraction of sp³-hybridized carbons (Fsp3) is 0.273. The van der Waals surface area contributed by atoms with E-state index in [4.69, 9.17) is 0 Å². The van der Waals surface area contributed by atoms with Crippen molar-refractivity contribution in [3.05, 3.63) is 28.2 Å². The second-order valence-corrected chi connectivity index (χ2v) is 4.41. The van der Waals surface area contributed by atoms with Crippen molar-refractivity contribution in [2.24, 2.45) is 0 Å². The van der Waals surface area contributed by atoms with Gasteiger partial charge in [0, 0.05) is 18.6 Å². The van der Waals surface area contributed by atoms with Gasteiger partial charge < -0.3 is 15.3 Å².